The van der Waals surface area contributed by atoms with Crippen LogP contribution in [0, 0.1) is 11.8 Å². The van der Waals surface area contributed by atoms with E-state index < -0.39 is 0 Å². The predicted octanol–water partition coefficient (Wildman–Crippen LogP) is 4.31. The number of rotatable bonds is 6. The smallest absolute Gasteiger partial charge is 0.196 e. The van der Waals surface area contributed by atoms with Crippen molar-refractivity contribution in [2.75, 3.05) is 0 Å². The molecule has 0 aliphatic heterocycles. The van der Waals surface area contributed by atoms with Crippen LogP contribution in [0.25, 0.3) is 0 Å². The van der Waals surface area contributed by atoms with Crippen LogP contribution in [0.3, 0.4) is 0 Å². The van der Waals surface area contributed by atoms with Gasteiger partial charge in [-0.15, -0.1) is 0 Å². The largest absolute Gasteiger partial charge is 0.250 e. The molecule has 0 spiro atoms. The summed E-state index contributed by atoms with van der Waals surface area (Å²) < 4.78 is 0. The fraction of sp³-hybridized carbons (Fsp3) is 1.00. The molecule has 0 aromatic heterocycles. The van der Waals surface area contributed by atoms with Gasteiger partial charge in [-0.25, -0.2) is 0 Å². The monoisotopic (exact) mass is 188 g/mol. The van der Waals surface area contributed by atoms with Gasteiger partial charge in [0.25, 0.3) is 6.13 Å². The fourth-order valence-corrected chi connectivity index (χ4v) is 1.42. The maximum Gasteiger partial charge on any atom is 0.250 e. The molecule has 0 saturated heterocycles. The van der Waals surface area contributed by atoms with Crippen molar-refractivity contribution in [1.29, 1.82) is 0 Å². The summed E-state index contributed by atoms with van der Waals surface area (Å²) in [5.74, 6) is 1.59. The van der Waals surface area contributed by atoms with Crippen LogP contribution >= 0.6 is 11.5 Å². The maximum absolute atomic E-state index is 6.17. The first-order chi connectivity index (χ1) is 5.52. The molecule has 2 heteroatoms. The minimum Gasteiger partial charge on any atom is -0.196 e. The van der Waals surface area contributed by atoms with Crippen molar-refractivity contribution in [2.45, 2.75) is 53.2 Å². The Kier molecular flexibility index (Phi) is 7.03. The molecule has 0 amide bonds. The Bertz CT molecular complexity index is 90.0. The van der Waals surface area contributed by atoms with E-state index in [0.717, 1.165) is 11.8 Å². The summed E-state index contributed by atoms with van der Waals surface area (Å²) in [5, 5.41) is 0. The zero-order valence-electron chi connectivity index (χ0n) is 8.94. The van der Waals surface area contributed by atoms with Crippen molar-refractivity contribution in [3.8, 4) is 0 Å². The molecule has 0 aliphatic rings. The predicted molar refractivity (Wildman–Crippen MR) is 60.1 cm³/mol. The van der Waals surface area contributed by atoms with Crippen LogP contribution in [-0.2, 0) is 0 Å². The summed E-state index contributed by atoms with van der Waals surface area (Å²) >= 11 is 6.17. The quantitative estimate of drug-likeness (QED) is 0.545. The summed E-state index contributed by atoms with van der Waals surface area (Å²) in [5.41, 5.74) is 0. The highest BCUT2D eigenvalue weighted by atomic mass is 35.5. The molecule has 12 heavy (non-hydrogen) atoms. The Morgan fingerprint density at radius 1 is 0.917 bits per heavy atom. The van der Waals surface area contributed by atoms with Gasteiger partial charge in [0.2, 0.25) is 0 Å². The van der Waals surface area contributed by atoms with E-state index in [-0.39, 0.29) is 0 Å². The molecule has 0 rings (SSSR count). The average Bonchev–Trinajstić information content (AvgIpc) is 1.96. The zero-order chi connectivity index (χ0) is 9.56. The fourth-order valence-electron chi connectivity index (χ4n) is 1.17. The molecule has 72 valence electrons. The molecule has 0 radical (unpaired) electrons. The summed E-state index contributed by atoms with van der Waals surface area (Å²) in [6.45, 7) is 9.02. The van der Waals surface area contributed by atoms with Gasteiger partial charge in [-0.3, -0.25) is 0 Å². The van der Waals surface area contributed by atoms with Crippen LogP contribution in [0.1, 0.15) is 40.5 Å². The highest BCUT2D eigenvalue weighted by molar-refractivity contribution is 7.06. The second-order valence-corrected chi connectivity index (χ2v) is 5.16. The summed E-state index contributed by atoms with van der Waals surface area (Å²) in [4.78, 5) is 0. The van der Waals surface area contributed by atoms with E-state index in [9.17, 15) is 0 Å². The van der Waals surface area contributed by atoms with E-state index in [0.29, 0.717) is 6.13 Å². The second kappa shape index (κ2) is 6.83. The summed E-state index contributed by atoms with van der Waals surface area (Å²) in [6.07, 6.45) is 5.32. The van der Waals surface area contributed by atoms with Gasteiger partial charge in [-0.2, -0.15) is 11.5 Å². The van der Waals surface area contributed by atoms with Crippen LogP contribution in [0.15, 0.2) is 0 Å². The first-order valence-electron chi connectivity index (χ1n) is 5.16. The van der Waals surface area contributed by atoms with Crippen LogP contribution in [-0.4, -0.2) is 6.13 Å². The van der Waals surface area contributed by atoms with E-state index in [1.54, 1.807) is 0 Å². The molecule has 0 nitrogen and oxygen atoms in total. The lowest BCUT2D eigenvalue weighted by molar-refractivity contribution is 0.609. The Morgan fingerprint density at radius 2 is 1.25 bits per heavy atom. The van der Waals surface area contributed by atoms with E-state index in [1.807, 2.05) is 0 Å². The van der Waals surface area contributed by atoms with Gasteiger partial charge in [-0.1, -0.05) is 53.2 Å². The summed E-state index contributed by atoms with van der Waals surface area (Å²) in [6, 6.07) is 0. The SMILES string of the molecule is CC(C)CCB(Cl)CCC(C)C. The highest BCUT2D eigenvalue weighted by Crippen LogP contribution is 2.17. The van der Waals surface area contributed by atoms with Crippen LogP contribution in [0.5, 0.6) is 0 Å². The van der Waals surface area contributed by atoms with Crippen molar-refractivity contribution in [3.05, 3.63) is 0 Å². The van der Waals surface area contributed by atoms with E-state index >= 15 is 0 Å². The molecule has 0 atom stereocenters. The lowest BCUT2D eigenvalue weighted by Gasteiger charge is -2.09. The first kappa shape index (κ1) is 12.4. The van der Waals surface area contributed by atoms with Crippen LogP contribution in [0.2, 0.25) is 12.6 Å². The van der Waals surface area contributed by atoms with Crippen molar-refractivity contribution >= 4 is 17.6 Å². The van der Waals surface area contributed by atoms with Crippen LogP contribution < -0.4 is 0 Å². The highest BCUT2D eigenvalue weighted by Gasteiger charge is 2.11. The van der Waals surface area contributed by atoms with E-state index in [1.165, 1.54) is 25.5 Å². The molecule has 0 heterocycles. The Morgan fingerprint density at radius 3 is 1.50 bits per heavy atom. The van der Waals surface area contributed by atoms with Gasteiger partial charge in [0, 0.05) is 0 Å². The van der Waals surface area contributed by atoms with Gasteiger partial charge in [0.1, 0.15) is 0 Å². The van der Waals surface area contributed by atoms with Gasteiger partial charge >= 0.3 is 0 Å². The van der Waals surface area contributed by atoms with Crippen LogP contribution in [0.4, 0.5) is 0 Å². The second-order valence-electron chi connectivity index (χ2n) is 4.54. The van der Waals surface area contributed by atoms with Gasteiger partial charge in [-0.05, 0) is 11.8 Å². The summed E-state index contributed by atoms with van der Waals surface area (Å²) in [7, 11) is 0. The standard InChI is InChI=1S/C10H22BCl/c1-9(2)5-7-11(12)8-6-10(3)4/h9-10H,5-8H2,1-4H3. The van der Waals surface area contributed by atoms with E-state index in [2.05, 4.69) is 27.7 Å². The topological polar surface area (TPSA) is 0 Å². The molecular formula is C10H22BCl. The Balaban J connectivity index is 3.27. The third kappa shape index (κ3) is 8.45. The molecule has 0 unspecified atom stereocenters. The molecule has 0 saturated carbocycles. The Hall–Kier alpha value is 0.355. The molecule has 0 N–H and O–H groups in total. The number of hydrogen-bond donors (Lipinski definition) is 0. The normalized spacial score (nSPS) is 11.2. The number of halogens is 1. The molecule has 0 aromatic carbocycles. The maximum atomic E-state index is 6.17. The third-order valence-electron chi connectivity index (χ3n) is 2.11. The van der Waals surface area contributed by atoms with Crippen molar-refractivity contribution in [2.24, 2.45) is 11.8 Å². The molecular weight excluding hydrogens is 166 g/mol. The van der Waals surface area contributed by atoms with Crippen molar-refractivity contribution < 1.29 is 0 Å². The number of hydrogen-bond acceptors (Lipinski definition) is 0. The zero-order valence-corrected chi connectivity index (χ0v) is 9.69. The van der Waals surface area contributed by atoms with Crippen molar-refractivity contribution in [3.63, 3.8) is 0 Å². The van der Waals surface area contributed by atoms with Gasteiger partial charge < -0.3 is 0 Å². The van der Waals surface area contributed by atoms with E-state index in [4.69, 9.17) is 11.5 Å². The van der Waals surface area contributed by atoms with Crippen molar-refractivity contribution in [1.82, 2.24) is 0 Å². The molecule has 0 fully saturated rings. The Labute approximate surface area is 83.1 Å². The lowest BCUT2D eigenvalue weighted by Crippen LogP contribution is -2.06. The third-order valence-corrected chi connectivity index (χ3v) is 2.55. The first-order valence-corrected chi connectivity index (χ1v) is 5.60. The minimum absolute atomic E-state index is 0.412. The minimum atomic E-state index is 0.412. The average molecular weight is 189 g/mol. The molecule has 0 bridgehead atoms. The van der Waals surface area contributed by atoms with Gasteiger partial charge in [0.05, 0.1) is 0 Å². The molecule has 0 aliphatic carbocycles. The van der Waals surface area contributed by atoms with Gasteiger partial charge in [0.15, 0.2) is 0 Å². The lowest BCUT2D eigenvalue weighted by atomic mass is 9.65. The molecule has 0 aromatic rings.